The number of methoxy groups -OCH3 is 1. The van der Waals surface area contributed by atoms with Crippen LogP contribution in [0.1, 0.15) is 40.4 Å². The van der Waals surface area contributed by atoms with Gasteiger partial charge in [0.1, 0.15) is 21.9 Å². The van der Waals surface area contributed by atoms with E-state index < -0.39 is 40.0 Å². The van der Waals surface area contributed by atoms with E-state index in [0.29, 0.717) is 23.7 Å². The van der Waals surface area contributed by atoms with Crippen LogP contribution in [0.3, 0.4) is 0 Å². The maximum Gasteiger partial charge on any atom is 0.387 e. The molecule has 0 spiro atoms. The molecule has 12 nitrogen and oxygen atoms in total. The average molecular weight is 779 g/mol. The Kier molecular flexibility index (Phi) is 13.2. The minimum Gasteiger partial charge on any atom is -0.870 e. The first-order valence-electron chi connectivity index (χ1n) is 15.1. The second-order valence-electron chi connectivity index (χ2n) is 11.5. The zero-order chi connectivity index (χ0) is 35.5. The zero-order valence-corrected chi connectivity index (χ0v) is 30.3. The van der Waals surface area contributed by atoms with Gasteiger partial charge in [0.05, 0.1) is 24.2 Å². The van der Waals surface area contributed by atoms with E-state index in [1.807, 2.05) is 0 Å². The maximum absolute atomic E-state index is 13.9. The van der Waals surface area contributed by atoms with Gasteiger partial charge in [0.15, 0.2) is 29.3 Å². The van der Waals surface area contributed by atoms with Crippen LogP contribution >= 0.6 is 35.0 Å². The Labute approximate surface area is 302 Å². The molecule has 0 bridgehead atoms. The number of aromatic amines is 1. The van der Waals surface area contributed by atoms with Gasteiger partial charge in [0.25, 0.3) is 5.91 Å². The van der Waals surface area contributed by atoms with Crippen molar-refractivity contribution in [2.24, 2.45) is 5.92 Å². The number of amides is 1. The molecule has 1 amide bonds. The third kappa shape index (κ3) is 9.08. The number of H-pyrrole nitrogens is 1. The van der Waals surface area contributed by atoms with Crippen molar-refractivity contribution in [3.63, 3.8) is 0 Å². The van der Waals surface area contributed by atoms with Crippen LogP contribution in [-0.4, -0.2) is 87.1 Å². The molecular weight excluding hydrogens is 743 g/mol. The summed E-state index contributed by atoms with van der Waals surface area (Å²) in [5.41, 5.74) is 0.806. The lowest BCUT2D eigenvalue weighted by molar-refractivity contribution is -0.377. The van der Waals surface area contributed by atoms with Crippen LogP contribution in [-0.2, 0) is 26.0 Å². The minimum absolute atomic E-state index is 0. The van der Waals surface area contributed by atoms with Crippen LogP contribution in [0.4, 0.5) is 8.78 Å². The lowest BCUT2D eigenvalue weighted by Crippen LogP contribution is -2.40. The van der Waals surface area contributed by atoms with Crippen LogP contribution in [0.25, 0.3) is 0 Å². The number of hydrogen-bond donors (Lipinski definition) is 0. The summed E-state index contributed by atoms with van der Waals surface area (Å²) >= 11 is 14.0. The largest absolute Gasteiger partial charge is 0.870 e. The van der Waals surface area contributed by atoms with E-state index in [2.05, 4.69) is 9.72 Å². The molecule has 3 aromatic rings. The number of ether oxygens (including phenoxy) is 4. The summed E-state index contributed by atoms with van der Waals surface area (Å²) in [6, 6.07) is 8.10. The number of nitrogens with zero attached hydrogens (tertiary/aromatic N) is 2. The van der Waals surface area contributed by atoms with E-state index in [-0.39, 0.29) is 61.9 Å². The predicted molar refractivity (Wildman–Crippen MR) is 180 cm³/mol. The molecule has 1 saturated carbocycles. The second kappa shape index (κ2) is 16.7. The number of benzene rings is 2. The lowest BCUT2D eigenvalue weighted by Gasteiger charge is -2.26. The van der Waals surface area contributed by atoms with E-state index in [1.54, 1.807) is 0 Å². The van der Waals surface area contributed by atoms with Gasteiger partial charge < -0.3 is 29.3 Å². The predicted octanol–water partition coefficient (Wildman–Crippen LogP) is 5.32. The van der Waals surface area contributed by atoms with Gasteiger partial charge in [-0.1, -0.05) is 29.3 Å². The molecule has 1 aliphatic heterocycles. The van der Waals surface area contributed by atoms with Crippen molar-refractivity contribution in [1.29, 1.82) is 0 Å². The summed E-state index contributed by atoms with van der Waals surface area (Å²) in [5.74, 6) is -0.731. The Morgan fingerprint density at radius 2 is 1.74 bits per heavy atom. The van der Waals surface area contributed by atoms with Gasteiger partial charge in [-0.05, 0) is 54.7 Å². The number of aromatic nitrogens is 1. The van der Waals surface area contributed by atoms with E-state index in [9.17, 15) is 26.8 Å². The van der Waals surface area contributed by atoms with Gasteiger partial charge in [-0.25, -0.2) is 18.2 Å². The molecule has 5 rings (SSSR count). The van der Waals surface area contributed by atoms with Gasteiger partial charge in [-0.3, -0.25) is 4.79 Å². The number of rotatable bonds is 14. The molecule has 50 heavy (non-hydrogen) atoms. The number of pyridine rings is 1. The molecule has 2 aromatic carbocycles. The van der Waals surface area contributed by atoms with Crippen LogP contribution in [0, 0.1) is 5.92 Å². The highest BCUT2D eigenvalue weighted by atomic mass is 35.5. The first kappa shape index (κ1) is 39.4. The van der Waals surface area contributed by atoms with Gasteiger partial charge in [-0.15, -0.1) is 11.8 Å². The fraction of sp³-hybridized carbons (Fsp3) is 0.406. The molecule has 272 valence electrons. The summed E-state index contributed by atoms with van der Waals surface area (Å²) in [5, 5.41) is -0.790. The van der Waals surface area contributed by atoms with Gasteiger partial charge in [0, 0.05) is 38.4 Å². The number of esters is 1. The molecule has 0 unspecified atom stereocenters. The van der Waals surface area contributed by atoms with E-state index in [4.69, 9.17) is 37.4 Å². The quantitative estimate of drug-likeness (QED) is 0.196. The van der Waals surface area contributed by atoms with Crippen molar-refractivity contribution < 1.29 is 56.2 Å². The number of alkyl halides is 2. The van der Waals surface area contributed by atoms with Gasteiger partial charge >= 0.3 is 12.6 Å². The Hall–Kier alpha value is -3.41. The van der Waals surface area contributed by atoms with Crippen molar-refractivity contribution in [2.75, 3.05) is 40.1 Å². The Bertz CT molecular complexity index is 1800. The van der Waals surface area contributed by atoms with E-state index in [1.165, 1.54) is 74.9 Å². The molecule has 2 heterocycles. The first-order valence-corrected chi connectivity index (χ1v) is 18.3. The molecule has 2 atom stereocenters. The highest BCUT2D eigenvalue weighted by molar-refractivity contribution is 8.02. The van der Waals surface area contributed by atoms with Crippen molar-refractivity contribution in [1.82, 2.24) is 9.21 Å². The highest BCUT2D eigenvalue weighted by Crippen LogP contribution is 2.39. The molecule has 1 aliphatic carbocycles. The topological polar surface area (TPSA) is 156 Å². The molecule has 2 N–H and O–H groups in total. The molecule has 2 aliphatic rings. The normalized spacial score (nSPS) is 16.8. The third-order valence-corrected chi connectivity index (χ3v) is 11.7. The Morgan fingerprint density at radius 3 is 2.36 bits per heavy atom. The average Bonchev–Trinajstić information content (AvgIpc) is 3.76. The Morgan fingerprint density at radius 1 is 1.06 bits per heavy atom. The molecule has 1 aromatic heterocycles. The smallest absolute Gasteiger partial charge is 0.387 e. The number of sulfonamides is 1. The summed E-state index contributed by atoms with van der Waals surface area (Å²) in [6.45, 7) is -2.82. The summed E-state index contributed by atoms with van der Waals surface area (Å²) in [6.07, 6.45) is 3.75. The molecule has 18 heteroatoms. The molecule has 2 fully saturated rings. The molecule has 1 saturated heterocycles. The number of halogens is 4. The first-order chi connectivity index (χ1) is 23.3. The van der Waals surface area contributed by atoms with Gasteiger partial charge in [-0.2, -0.15) is 13.1 Å². The summed E-state index contributed by atoms with van der Waals surface area (Å²) < 4.78 is 77.2. The highest BCUT2D eigenvalue weighted by Gasteiger charge is 2.42. The molecular formula is C32H35Cl2F2N3O9S2. The summed E-state index contributed by atoms with van der Waals surface area (Å²) in [4.78, 5) is 30.6. The van der Waals surface area contributed by atoms with Crippen molar-refractivity contribution in [3.8, 4) is 17.2 Å². The number of carbonyl (C=O) groups excluding carboxylic acids is 2. The van der Waals surface area contributed by atoms with Crippen LogP contribution < -0.4 is 19.2 Å². The number of thioether (sulfide) groups is 1. The zero-order valence-electron chi connectivity index (χ0n) is 27.1. The van der Waals surface area contributed by atoms with Gasteiger partial charge in [0.2, 0.25) is 10.0 Å². The second-order valence-corrected chi connectivity index (χ2v) is 15.4. The van der Waals surface area contributed by atoms with E-state index in [0.717, 1.165) is 28.9 Å². The van der Waals surface area contributed by atoms with Crippen molar-refractivity contribution in [3.05, 3.63) is 75.5 Å². The number of nitrogens with one attached hydrogen (secondary N) is 1. The fourth-order valence-electron chi connectivity index (χ4n) is 5.08. The third-order valence-electron chi connectivity index (χ3n) is 7.84. The van der Waals surface area contributed by atoms with E-state index >= 15 is 0 Å². The standard InChI is InChI=1S/C32H33Cl2F2N3O8S2.H2O/c1-38(2)29(40)22-13-20(7-9-25(22)44-3)49(42,43)39-10-11-48-30(39)31(41)46-27(14-21-23(33)15-37-16-24(21)34)19-6-8-26(47-32(35)36)28(12-19)45-17-18-4-5-18;/h6-9,12-13,15-16,18,27,30,32H,4-5,10-11,14,17H2,1-3H3;1H2/t27-,30-;/m0./s1. The monoisotopic (exact) mass is 777 g/mol. The minimum atomic E-state index is -4.31. The van der Waals surface area contributed by atoms with Crippen molar-refractivity contribution >= 4 is 56.9 Å². The fourth-order valence-corrected chi connectivity index (χ4v) is 8.69. The Balaban J connectivity index is 0.00000562. The lowest BCUT2D eigenvalue weighted by atomic mass is 10.0. The van der Waals surface area contributed by atoms with Crippen LogP contribution in [0.15, 0.2) is 53.7 Å². The van der Waals surface area contributed by atoms with Crippen LogP contribution in [0.2, 0.25) is 10.0 Å². The summed E-state index contributed by atoms with van der Waals surface area (Å²) in [7, 11) is 0.104. The molecule has 0 radical (unpaired) electrons. The SMILES string of the molecule is COc1ccc(S(=O)(=O)N2CCS[C@H]2C(=O)O[C@@H](Cc2c(Cl)c[nH+]cc2Cl)c2ccc(OC(F)F)c(OCC3CC3)c2)cc1C(=O)N(C)C.[OH-]. The number of carbonyl (C=O) groups is 2. The van der Waals surface area contributed by atoms with Crippen LogP contribution in [0.5, 0.6) is 17.2 Å². The number of hydrogen-bond acceptors (Lipinski definition) is 10. The van der Waals surface area contributed by atoms with Crippen molar-refractivity contribution in [2.45, 2.75) is 42.2 Å². The maximum atomic E-state index is 13.9.